The SMILES string of the molecule is C=CC(=O)Nc1cc(Nc2ncc(C#N)c(-c3cn4c5c(cccc35)OCC4)n2)c(C)cc1N(C)CCN(C)C. The molecule has 0 aliphatic carbocycles. The number of likely N-dealkylation sites (N-methyl/N-ethyl adjacent to an activating group) is 2. The molecule has 0 bridgehead atoms. The summed E-state index contributed by atoms with van der Waals surface area (Å²) in [6.07, 6.45) is 4.81. The van der Waals surface area contributed by atoms with Crippen LogP contribution in [-0.4, -0.2) is 66.2 Å². The fourth-order valence-corrected chi connectivity index (χ4v) is 4.81. The number of nitrogens with zero attached hydrogens (tertiary/aromatic N) is 6. The number of hydrogen-bond donors (Lipinski definition) is 2. The molecule has 3 heterocycles. The second kappa shape index (κ2) is 11.1. The summed E-state index contributed by atoms with van der Waals surface area (Å²) in [7, 11) is 6.04. The van der Waals surface area contributed by atoms with E-state index in [0.717, 1.165) is 58.8 Å². The van der Waals surface area contributed by atoms with Crippen LogP contribution in [0.25, 0.3) is 22.2 Å². The number of ether oxygens (including phenoxy) is 1. The lowest BCUT2D eigenvalue weighted by atomic mass is 10.1. The highest BCUT2D eigenvalue weighted by molar-refractivity contribution is 6.02. The van der Waals surface area contributed by atoms with Crippen LogP contribution in [0, 0.1) is 18.3 Å². The third-order valence-corrected chi connectivity index (χ3v) is 6.94. The molecule has 2 aromatic heterocycles. The van der Waals surface area contributed by atoms with Crippen molar-refractivity contribution in [2.45, 2.75) is 13.5 Å². The zero-order chi connectivity index (χ0) is 28.4. The first-order chi connectivity index (χ1) is 19.3. The lowest BCUT2D eigenvalue weighted by Gasteiger charge is -2.25. The molecule has 10 nitrogen and oxygen atoms in total. The second-order valence-electron chi connectivity index (χ2n) is 10.0. The van der Waals surface area contributed by atoms with Gasteiger partial charge in [0, 0.05) is 43.0 Å². The number of nitrogens with one attached hydrogen (secondary N) is 2. The topological polar surface area (TPSA) is 111 Å². The van der Waals surface area contributed by atoms with Gasteiger partial charge in [0.1, 0.15) is 18.4 Å². The van der Waals surface area contributed by atoms with Crippen molar-refractivity contribution in [3.63, 3.8) is 0 Å². The Balaban J connectivity index is 1.53. The molecule has 10 heteroatoms. The zero-order valence-corrected chi connectivity index (χ0v) is 23.2. The minimum atomic E-state index is -0.300. The number of aryl methyl sites for hydroxylation is 1. The van der Waals surface area contributed by atoms with Crippen molar-refractivity contribution in [1.82, 2.24) is 19.4 Å². The van der Waals surface area contributed by atoms with E-state index < -0.39 is 0 Å². The molecular formula is C30H32N8O2. The lowest BCUT2D eigenvalue weighted by molar-refractivity contribution is -0.111. The average Bonchev–Trinajstić information content (AvgIpc) is 3.33. The summed E-state index contributed by atoms with van der Waals surface area (Å²) in [5.74, 6) is 0.863. The van der Waals surface area contributed by atoms with Crippen molar-refractivity contribution in [2.24, 2.45) is 0 Å². The average molecular weight is 537 g/mol. The molecule has 1 amide bonds. The highest BCUT2D eigenvalue weighted by Crippen LogP contribution is 2.38. The predicted octanol–water partition coefficient (Wildman–Crippen LogP) is 4.54. The summed E-state index contributed by atoms with van der Waals surface area (Å²) in [5.41, 5.74) is 5.97. The molecule has 0 atom stereocenters. The van der Waals surface area contributed by atoms with Gasteiger partial charge >= 0.3 is 0 Å². The van der Waals surface area contributed by atoms with Crippen LogP contribution < -0.4 is 20.3 Å². The van der Waals surface area contributed by atoms with Gasteiger partial charge in [-0.3, -0.25) is 4.79 Å². The maximum Gasteiger partial charge on any atom is 0.247 e. The number of carbonyl (C=O) groups is 1. The van der Waals surface area contributed by atoms with Crippen LogP contribution in [-0.2, 0) is 11.3 Å². The first-order valence-corrected chi connectivity index (χ1v) is 13.0. The second-order valence-corrected chi connectivity index (χ2v) is 10.0. The van der Waals surface area contributed by atoms with Crippen molar-refractivity contribution in [2.75, 3.05) is 56.4 Å². The molecule has 0 fully saturated rings. The van der Waals surface area contributed by atoms with E-state index in [1.165, 1.54) is 12.3 Å². The van der Waals surface area contributed by atoms with E-state index in [1.807, 2.05) is 64.6 Å². The van der Waals surface area contributed by atoms with E-state index >= 15 is 0 Å². The van der Waals surface area contributed by atoms with E-state index in [2.05, 4.69) is 42.6 Å². The molecular weight excluding hydrogens is 504 g/mol. The van der Waals surface area contributed by atoms with Gasteiger partial charge in [0.15, 0.2) is 0 Å². The van der Waals surface area contributed by atoms with Crippen LogP contribution in [0.1, 0.15) is 11.1 Å². The zero-order valence-electron chi connectivity index (χ0n) is 23.2. The van der Waals surface area contributed by atoms with Crippen molar-refractivity contribution >= 4 is 39.8 Å². The number of rotatable bonds is 9. The monoisotopic (exact) mass is 536 g/mol. The number of para-hydroxylation sites is 1. The lowest BCUT2D eigenvalue weighted by Crippen LogP contribution is -2.29. The van der Waals surface area contributed by atoms with Crippen LogP contribution >= 0.6 is 0 Å². The fraction of sp³-hybridized carbons (Fsp3) is 0.267. The Morgan fingerprint density at radius 3 is 2.83 bits per heavy atom. The number of anilines is 4. The van der Waals surface area contributed by atoms with E-state index in [0.29, 0.717) is 29.5 Å². The first-order valence-electron chi connectivity index (χ1n) is 13.0. The Morgan fingerprint density at radius 2 is 2.08 bits per heavy atom. The normalized spacial score (nSPS) is 12.1. The number of benzene rings is 2. The van der Waals surface area contributed by atoms with Crippen LogP contribution in [0.4, 0.5) is 23.0 Å². The van der Waals surface area contributed by atoms with E-state index in [1.54, 1.807) is 0 Å². The Kier molecular flexibility index (Phi) is 7.40. The molecule has 204 valence electrons. The van der Waals surface area contributed by atoms with Crippen LogP contribution in [0.5, 0.6) is 5.75 Å². The van der Waals surface area contributed by atoms with Gasteiger partial charge in [-0.2, -0.15) is 5.26 Å². The van der Waals surface area contributed by atoms with Crippen LogP contribution in [0.2, 0.25) is 0 Å². The first kappa shape index (κ1) is 26.7. The predicted molar refractivity (Wildman–Crippen MR) is 158 cm³/mol. The molecule has 1 aliphatic heterocycles. The van der Waals surface area contributed by atoms with Crippen molar-refractivity contribution in [1.29, 1.82) is 5.26 Å². The van der Waals surface area contributed by atoms with Gasteiger partial charge in [0.05, 0.1) is 40.9 Å². The summed E-state index contributed by atoms with van der Waals surface area (Å²) in [6, 6.07) is 12.0. The third-order valence-electron chi connectivity index (χ3n) is 6.94. The van der Waals surface area contributed by atoms with Crippen molar-refractivity contribution in [3.05, 3.63) is 66.5 Å². The van der Waals surface area contributed by atoms with E-state index in [-0.39, 0.29) is 5.91 Å². The van der Waals surface area contributed by atoms with Gasteiger partial charge < -0.3 is 29.7 Å². The molecule has 0 saturated heterocycles. The van der Waals surface area contributed by atoms with Crippen molar-refractivity contribution < 1.29 is 9.53 Å². The molecule has 40 heavy (non-hydrogen) atoms. The van der Waals surface area contributed by atoms with Crippen LogP contribution in [0.15, 0.2) is 55.4 Å². The minimum absolute atomic E-state index is 0.300. The van der Waals surface area contributed by atoms with Gasteiger partial charge in [-0.25, -0.2) is 9.97 Å². The molecule has 0 saturated carbocycles. The Morgan fingerprint density at radius 1 is 1.25 bits per heavy atom. The van der Waals surface area contributed by atoms with Gasteiger partial charge in [0.25, 0.3) is 0 Å². The molecule has 2 N–H and O–H groups in total. The third kappa shape index (κ3) is 5.19. The molecule has 0 unspecified atom stereocenters. The number of nitriles is 1. The quantitative estimate of drug-likeness (QED) is 0.300. The van der Waals surface area contributed by atoms with Crippen LogP contribution in [0.3, 0.4) is 0 Å². The summed E-state index contributed by atoms with van der Waals surface area (Å²) >= 11 is 0. The summed E-state index contributed by atoms with van der Waals surface area (Å²) in [4.78, 5) is 25.7. The summed E-state index contributed by atoms with van der Waals surface area (Å²) < 4.78 is 7.99. The molecule has 2 aromatic carbocycles. The maximum absolute atomic E-state index is 12.3. The molecule has 0 spiro atoms. The minimum Gasteiger partial charge on any atom is -0.490 e. The van der Waals surface area contributed by atoms with Gasteiger partial charge in [-0.1, -0.05) is 18.7 Å². The van der Waals surface area contributed by atoms with Gasteiger partial charge in [-0.05, 0) is 50.9 Å². The maximum atomic E-state index is 12.3. The molecule has 1 aliphatic rings. The Labute approximate surface area is 233 Å². The van der Waals surface area contributed by atoms with Gasteiger partial charge in [-0.15, -0.1) is 0 Å². The Bertz CT molecular complexity index is 1650. The number of aromatic nitrogens is 3. The number of carbonyl (C=O) groups excluding carboxylic acids is 1. The molecule has 4 aromatic rings. The fourth-order valence-electron chi connectivity index (χ4n) is 4.81. The number of hydrogen-bond acceptors (Lipinski definition) is 8. The number of amides is 1. The molecule has 5 rings (SSSR count). The van der Waals surface area contributed by atoms with Crippen molar-refractivity contribution in [3.8, 4) is 23.1 Å². The standard InChI is InChI=1S/C30H32N8O2/c1-6-27(39)33-24-15-23(19(2)14-25(24)37(5)11-10-36(3)4)34-30-32-17-20(16-31)28(35-30)22-18-38-12-13-40-26-9-7-8-21(22)29(26)38/h6-9,14-15,17-18H,1,10-13H2,2-5H3,(H,33,39)(H,32,34,35). The highest BCUT2D eigenvalue weighted by atomic mass is 16.5. The van der Waals surface area contributed by atoms with Gasteiger partial charge in [0.2, 0.25) is 11.9 Å². The Hall–Kier alpha value is -4.88. The van der Waals surface area contributed by atoms with E-state index in [4.69, 9.17) is 9.72 Å². The largest absolute Gasteiger partial charge is 0.490 e. The smallest absolute Gasteiger partial charge is 0.247 e. The highest BCUT2D eigenvalue weighted by Gasteiger charge is 2.21. The van der Waals surface area contributed by atoms with E-state index in [9.17, 15) is 10.1 Å². The summed E-state index contributed by atoms with van der Waals surface area (Å²) in [6.45, 7) is 8.52. The molecule has 0 radical (unpaired) electrons. The summed E-state index contributed by atoms with van der Waals surface area (Å²) in [5, 5.41) is 17.1.